The Hall–Kier alpha value is -6.56. The molecule has 402 valence electrons. The van der Waals surface area contributed by atoms with E-state index in [4.69, 9.17) is 17.2 Å². The number of phenolic OH excluding ortho intramolecular Hbond substituents is 1. The van der Waals surface area contributed by atoms with E-state index in [-0.39, 0.29) is 87.2 Å². The summed E-state index contributed by atoms with van der Waals surface area (Å²) < 4.78 is 0. The van der Waals surface area contributed by atoms with Gasteiger partial charge in [0, 0.05) is 38.1 Å². The van der Waals surface area contributed by atoms with Crippen molar-refractivity contribution in [3.8, 4) is 5.75 Å². The van der Waals surface area contributed by atoms with Crippen LogP contribution in [0.4, 0.5) is 0 Å². The topological polar surface area (TPSA) is 352 Å². The minimum atomic E-state index is -1.25. The number of likely N-dealkylation sites (tertiary alicyclic amines) is 1. The van der Waals surface area contributed by atoms with Gasteiger partial charge in [-0.15, -0.1) is 0 Å². The fourth-order valence-electron chi connectivity index (χ4n) is 8.00. The number of guanidine groups is 1. The predicted octanol–water partition coefficient (Wildman–Crippen LogP) is -0.926. The van der Waals surface area contributed by atoms with E-state index >= 15 is 0 Å². The van der Waals surface area contributed by atoms with E-state index < -0.39 is 108 Å². The first-order chi connectivity index (χ1) is 34.7. The number of hydrogen-bond donors (Lipinski definition) is 13. The van der Waals surface area contributed by atoms with Crippen molar-refractivity contribution < 1.29 is 48.3 Å². The van der Waals surface area contributed by atoms with Gasteiger partial charge in [-0.05, 0) is 73.0 Å². The zero-order valence-electron chi connectivity index (χ0n) is 41.9. The van der Waals surface area contributed by atoms with Crippen molar-refractivity contribution in [2.24, 2.45) is 34.0 Å². The van der Waals surface area contributed by atoms with Crippen molar-refractivity contribution in [3.05, 3.63) is 65.7 Å². The van der Waals surface area contributed by atoms with Crippen LogP contribution in [-0.2, 0) is 56.0 Å². The average molecular weight is 1060 g/mol. The Balaban J connectivity index is 1.83. The molecule has 0 aromatic heterocycles. The van der Waals surface area contributed by atoms with Crippen molar-refractivity contribution in [2.45, 2.75) is 128 Å². The second-order valence-electron chi connectivity index (χ2n) is 18.4. The molecule has 1 saturated heterocycles. The van der Waals surface area contributed by atoms with Crippen LogP contribution in [0.5, 0.6) is 5.75 Å². The maximum atomic E-state index is 14.4. The third-order valence-electron chi connectivity index (χ3n) is 12.1. The summed E-state index contributed by atoms with van der Waals surface area (Å²) in [5.74, 6) is -6.71. The van der Waals surface area contributed by atoms with E-state index in [1.54, 1.807) is 49.4 Å². The van der Waals surface area contributed by atoms with E-state index in [1.165, 1.54) is 17.0 Å². The van der Waals surface area contributed by atoms with Crippen LogP contribution in [0, 0.1) is 11.8 Å². The van der Waals surface area contributed by atoms with Crippen molar-refractivity contribution >= 4 is 84.4 Å². The second-order valence-corrected chi connectivity index (χ2v) is 19.2. The number of nitrogens with one attached hydrogen (secondary N) is 7. The van der Waals surface area contributed by atoms with Crippen LogP contribution in [0.15, 0.2) is 59.6 Å². The SMILES string of the molecule is CC[C@H](C)[C@H](NC(=O)[C@H](CC(C)C)NC(=O)[C@H](Cc1ccccc1)NC(=O)[C@H](Cc1ccc(O)cc1)NC(=O)CCS)C(=O)N[C@@H](CS)C(=O)N1CCC[C@H]1C(=O)N[C@H](CCCN=C(N)N)C(=O)NCC(N)=O. The number of rotatable bonds is 30. The number of phenols is 1. The fourth-order valence-corrected chi connectivity index (χ4v) is 8.45. The molecule has 22 nitrogen and oxygen atoms in total. The van der Waals surface area contributed by atoms with Crippen molar-refractivity contribution in [2.75, 3.05) is 31.1 Å². The molecule has 0 spiro atoms. The number of amides is 9. The lowest BCUT2D eigenvalue weighted by Gasteiger charge is -2.31. The molecule has 1 fully saturated rings. The summed E-state index contributed by atoms with van der Waals surface area (Å²) in [5, 5.41) is 28.7. The highest BCUT2D eigenvalue weighted by molar-refractivity contribution is 7.80. The van der Waals surface area contributed by atoms with Gasteiger partial charge in [-0.2, -0.15) is 25.3 Å². The minimum absolute atomic E-state index is 0.00902. The molecular formula is C49H74N12O10S2. The highest BCUT2D eigenvalue weighted by Gasteiger charge is 2.40. The monoisotopic (exact) mass is 1050 g/mol. The zero-order valence-corrected chi connectivity index (χ0v) is 43.7. The highest BCUT2D eigenvalue weighted by atomic mass is 32.1. The number of nitrogens with zero attached hydrogens (tertiary/aromatic N) is 2. The molecule has 1 heterocycles. The largest absolute Gasteiger partial charge is 0.508 e. The van der Waals surface area contributed by atoms with Gasteiger partial charge in [-0.3, -0.25) is 48.1 Å². The van der Waals surface area contributed by atoms with Gasteiger partial charge >= 0.3 is 0 Å². The van der Waals surface area contributed by atoms with Gasteiger partial charge in [0.25, 0.3) is 0 Å². The van der Waals surface area contributed by atoms with Crippen molar-refractivity contribution in [1.29, 1.82) is 0 Å². The summed E-state index contributed by atoms with van der Waals surface area (Å²) >= 11 is 8.51. The molecule has 0 bridgehead atoms. The number of hydrogen-bond acceptors (Lipinski definition) is 13. The summed E-state index contributed by atoms with van der Waals surface area (Å²) in [6.07, 6.45) is 1.64. The Kier molecular flexibility index (Phi) is 25.9. The number of carbonyl (C=O) groups excluding carboxylic acids is 9. The minimum Gasteiger partial charge on any atom is -0.508 e. The molecule has 14 N–H and O–H groups in total. The van der Waals surface area contributed by atoms with Crippen LogP contribution in [-0.4, -0.2) is 143 Å². The Bertz CT molecular complexity index is 2220. The normalized spacial score (nSPS) is 16.0. The zero-order chi connectivity index (χ0) is 54.2. The lowest BCUT2D eigenvalue weighted by atomic mass is 9.96. The third kappa shape index (κ3) is 20.8. The van der Waals surface area contributed by atoms with E-state index in [1.807, 2.05) is 20.8 Å². The predicted molar refractivity (Wildman–Crippen MR) is 282 cm³/mol. The van der Waals surface area contributed by atoms with E-state index in [2.05, 4.69) is 67.5 Å². The Morgan fingerprint density at radius 2 is 1.32 bits per heavy atom. The van der Waals surface area contributed by atoms with Gasteiger partial charge < -0.3 is 64.4 Å². The van der Waals surface area contributed by atoms with Crippen LogP contribution in [0.3, 0.4) is 0 Å². The maximum absolute atomic E-state index is 14.4. The fraction of sp³-hybridized carbons (Fsp3) is 0.551. The summed E-state index contributed by atoms with van der Waals surface area (Å²) in [7, 11) is 0. The molecule has 2 aromatic rings. The van der Waals surface area contributed by atoms with Gasteiger partial charge in [-0.25, -0.2) is 0 Å². The van der Waals surface area contributed by atoms with Gasteiger partial charge in [0.15, 0.2) is 5.96 Å². The number of carbonyl (C=O) groups is 9. The molecule has 0 radical (unpaired) electrons. The van der Waals surface area contributed by atoms with Crippen LogP contribution < -0.4 is 54.4 Å². The van der Waals surface area contributed by atoms with E-state index in [0.29, 0.717) is 24.0 Å². The van der Waals surface area contributed by atoms with Crippen molar-refractivity contribution in [1.82, 2.24) is 42.1 Å². The molecular weight excluding hydrogens is 981 g/mol. The highest BCUT2D eigenvalue weighted by Crippen LogP contribution is 2.21. The van der Waals surface area contributed by atoms with Crippen LogP contribution >= 0.6 is 25.3 Å². The Labute approximate surface area is 437 Å². The first-order valence-electron chi connectivity index (χ1n) is 24.4. The molecule has 3 rings (SSSR count). The van der Waals surface area contributed by atoms with E-state index in [0.717, 1.165) is 0 Å². The third-order valence-corrected chi connectivity index (χ3v) is 12.7. The number of aliphatic imine (C=N–C) groups is 1. The number of aromatic hydroxyl groups is 1. The number of primary amides is 1. The quantitative estimate of drug-likeness (QED) is 0.0196. The van der Waals surface area contributed by atoms with Crippen LogP contribution in [0.1, 0.15) is 83.8 Å². The standard InChI is InChI=1S/C49H74N12O10S2/c1-5-29(4)41(47(70)59-37(27-73)48(71)61-21-10-14-38(61)46(69)56-33(13-9-20-53-49(51)52)42(65)54-26-39(50)63)60-45(68)34(23-28(2)3)57-44(67)36(24-30-11-7-6-8-12-30)58-43(66)35(55-40(64)19-22-72)25-31-15-17-32(62)18-16-31/h6-8,11-12,15-18,28-29,33-38,41,62,72-73H,5,9-10,13-14,19-27H2,1-4H3,(H2,50,63)(H,54,65)(H,55,64)(H,56,69)(H,57,67)(H,58,66)(H,59,70)(H,60,68)(H4,51,52,53)/t29-,33+,34-,35-,36-,37-,38-,41-/m0/s1. The Morgan fingerprint density at radius 3 is 1.89 bits per heavy atom. The molecule has 0 aliphatic carbocycles. The van der Waals surface area contributed by atoms with Crippen LogP contribution in [0.25, 0.3) is 0 Å². The number of nitrogens with two attached hydrogens (primary N) is 3. The van der Waals surface area contributed by atoms with E-state index in [9.17, 15) is 48.3 Å². The molecule has 1 aliphatic rings. The molecule has 0 unspecified atom stereocenters. The van der Waals surface area contributed by atoms with Gasteiger partial charge in [0.05, 0.1) is 6.54 Å². The second kappa shape index (κ2) is 31.1. The van der Waals surface area contributed by atoms with Crippen LogP contribution in [0.2, 0.25) is 0 Å². The first-order valence-corrected chi connectivity index (χ1v) is 25.7. The molecule has 73 heavy (non-hydrogen) atoms. The summed E-state index contributed by atoms with van der Waals surface area (Å²) in [4.78, 5) is 127. The lowest BCUT2D eigenvalue weighted by Crippen LogP contribution is -2.61. The molecule has 1 aliphatic heterocycles. The number of benzene rings is 2. The number of thiol groups is 2. The smallest absolute Gasteiger partial charge is 0.246 e. The maximum Gasteiger partial charge on any atom is 0.246 e. The average Bonchev–Trinajstić information content (AvgIpc) is 3.85. The van der Waals surface area contributed by atoms with Gasteiger partial charge in [0.2, 0.25) is 53.2 Å². The molecule has 24 heteroatoms. The van der Waals surface area contributed by atoms with Gasteiger partial charge in [-0.1, -0.05) is 76.6 Å². The lowest BCUT2D eigenvalue weighted by molar-refractivity contribution is -0.142. The summed E-state index contributed by atoms with van der Waals surface area (Å²) in [6, 6.07) is 6.81. The molecule has 2 aromatic carbocycles. The van der Waals surface area contributed by atoms with Crippen molar-refractivity contribution in [3.63, 3.8) is 0 Å². The molecule has 0 saturated carbocycles. The summed E-state index contributed by atoms with van der Waals surface area (Å²) in [5.41, 5.74) is 17.3. The summed E-state index contributed by atoms with van der Waals surface area (Å²) in [6.45, 7) is 7.08. The van der Waals surface area contributed by atoms with Gasteiger partial charge in [0.1, 0.15) is 48.0 Å². The Morgan fingerprint density at radius 1 is 0.726 bits per heavy atom. The molecule has 9 amide bonds. The molecule has 8 atom stereocenters. The first kappa shape index (κ1) is 60.7.